The van der Waals surface area contributed by atoms with Gasteiger partial charge in [0.1, 0.15) is 0 Å². The average molecular weight is 471 g/mol. The Morgan fingerprint density at radius 1 is 0.844 bits per heavy atom. The number of rotatable bonds is 12. The van der Waals surface area contributed by atoms with Gasteiger partial charge in [0.15, 0.2) is 0 Å². The molecule has 0 unspecified atom stereocenters. The zero-order chi connectivity index (χ0) is 22.8. The summed E-state index contributed by atoms with van der Waals surface area (Å²) in [6, 6.07) is 15.0. The van der Waals surface area contributed by atoms with E-state index in [1.165, 1.54) is 44.9 Å². The van der Waals surface area contributed by atoms with Gasteiger partial charge in [-0.05, 0) is 30.7 Å². The van der Waals surface area contributed by atoms with Crippen molar-refractivity contribution in [1.29, 1.82) is 0 Å². The molecule has 3 rings (SSSR count). The monoisotopic (exact) mass is 470 g/mol. The molecule has 1 aromatic heterocycles. The van der Waals surface area contributed by atoms with Gasteiger partial charge < -0.3 is 5.32 Å². The molecule has 0 saturated heterocycles. The van der Waals surface area contributed by atoms with E-state index in [1.807, 2.05) is 36.4 Å². The van der Waals surface area contributed by atoms with E-state index in [-0.39, 0.29) is 5.91 Å². The number of hydrogen-bond acceptors (Lipinski definition) is 2. The number of carbonyl (C=O) groups is 1. The first kappa shape index (κ1) is 24.5. The summed E-state index contributed by atoms with van der Waals surface area (Å²) in [5, 5.41) is 4.91. The van der Waals surface area contributed by atoms with Gasteiger partial charge in [-0.1, -0.05) is 106 Å². The Balaban J connectivity index is 1.60. The van der Waals surface area contributed by atoms with Crippen molar-refractivity contribution in [3.05, 3.63) is 64.1 Å². The molecule has 0 bridgehead atoms. The molecule has 3 aromatic rings. The summed E-state index contributed by atoms with van der Waals surface area (Å²) in [6.07, 6.45) is 11.4. The van der Waals surface area contributed by atoms with Crippen molar-refractivity contribution in [1.82, 2.24) is 10.3 Å². The number of carbonyl (C=O) groups excluding carboxylic acids is 1. The molecule has 5 heteroatoms. The molecule has 0 fully saturated rings. The van der Waals surface area contributed by atoms with Gasteiger partial charge in [-0.3, -0.25) is 4.79 Å². The fourth-order valence-corrected chi connectivity index (χ4v) is 4.20. The minimum atomic E-state index is -0.0653. The molecule has 1 amide bonds. The zero-order valence-corrected chi connectivity index (χ0v) is 20.3. The fourth-order valence-electron chi connectivity index (χ4n) is 3.90. The molecule has 0 aliphatic carbocycles. The standard InChI is InChI=1S/C27H32Cl2N2O/c1-2-3-4-5-6-7-8-9-12-17-30-27(32)22-19-26(20-15-16-23(28)24(29)18-20)31-25-14-11-10-13-21(22)25/h10-11,13-16,18-19H,2-9,12,17H2,1H3,(H,30,32). The highest BCUT2D eigenvalue weighted by molar-refractivity contribution is 6.42. The van der Waals surface area contributed by atoms with Gasteiger partial charge in [0.2, 0.25) is 0 Å². The lowest BCUT2D eigenvalue weighted by Crippen LogP contribution is -2.24. The van der Waals surface area contributed by atoms with Crippen LogP contribution in [0.25, 0.3) is 22.2 Å². The molecule has 0 atom stereocenters. The van der Waals surface area contributed by atoms with Crippen LogP contribution in [0.2, 0.25) is 10.0 Å². The van der Waals surface area contributed by atoms with E-state index in [9.17, 15) is 4.79 Å². The Kier molecular flexibility index (Phi) is 9.83. The summed E-state index contributed by atoms with van der Waals surface area (Å²) >= 11 is 12.3. The molecule has 170 valence electrons. The molecule has 1 N–H and O–H groups in total. The van der Waals surface area contributed by atoms with Crippen molar-refractivity contribution in [2.75, 3.05) is 6.54 Å². The first-order valence-electron chi connectivity index (χ1n) is 11.7. The Bertz CT molecular complexity index is 1040. The van der Waals surface area contributed by atoms with E-state index in [0.717, 1.165) is 29.3 Å². The van der Waals surface area contributed by atoms with Crippen LogP contribution in [0.5, 0.6) is 0 Å². The highest BCUT2D eigenvalue weighted by atomic mass is 35.5. The van der Waals surface area contributed by atoms with Crippen LogP contribution >= 0.6 is 23.2 Å². The van der Waals surface area contributed by atoms with Crippen molar-refractivity contribution in [2.45, 2.75) is 64.7 Å². The van der Waals surface area contributed by atoms with Crippen molar-refractivity contribution in [3.63, 3.8) is 0 Å². The first-order valence-corrected chi connectivity index (χ1v) is 12.5. The number of benzene rings is 2. The summed E-state index contributed by atoms with van der Waals surface area (Å²) < 4.78 is 0. The van der Waals surface area contributed by atoms with E-state index in [2.05, 4.69) is 12.2 Å². The number of aromatic nitrogens is 1. The predicted octanol–water partition coefficient (Wildman–Crippen LogP) is 8.47. The minimum absolute atomic E-state index is 0.0653. The third-order valence-corrected chi connectivity index (χ3v) is 6.48. The Hall–Kier alpha value is -2.10. The van der Waals surface area contributed by atoms with Crippen molar-refractivity contribution < 1.29 is 4.79 Å². The number of amides is 1. The lowest BCUT2D eigenvalue weighted by molar-refractivity contribution is 0.0954. The molecule has 3 nitrogen and oxygen atoms in total. The maximum Gasteiger partial charge on any atom is 0.252 e. The first-order chi connectivity index (χ1) is 15.6. The SMILES string of the molecule is CCCCCCCCCCCNC(=O)c1cc(-c2ccc(Cl)c(Cl)c2)nc2ccccc12. The summed E-state index contributed by atoms with van der Waals surface area (Å²) in [4.78, 5) is 17.7. The van der Waals surface area contributed by atoms with Crippen molar-refractivity contribution in [3.8, 4) is 11.3 Å². The molecule has 0 aliphatic rings. The number of halogens is 2. The highest BCUT2D eigenvalue weighted by Crippen LogP contribution is 2.30. The molecular formula is C27H32Cl2N2O. The number of nitrogens with one attached hydrogen (secondary N) is 1. The van der Waals surface area contributed by atoms with Crippen molar-refractivity contribution >= 4 is 40.0 Å². The normalized spacial score (nSPS) is 11.1. The van der Waals surface area contributed by atoms with Gasteiger partial charge >= 0.3 is 0 Å². The summed E-state index contributed by atoms with van der Waals surface area (Å²) in [5.41, 5.74) is 2.95. The second-order valence-electron chi connectivity index (χ2n) is 8.29. The lowest BCUT2D eigenvalue weighted by Gasteiger charge is -2.11. The zero-order valence-electron chi connectivity index (χ0n) is 18.8. The van der Waals surface area contributed by atoms with Crippen molar-refractivity contribution in [2.24, 2.45) is 0 Å². The van der Waals surface area contributed by atoms with Crippen LogP contribution in [-0.2, 0) is 0 Å². The molecule has 0 saturated carbocycles. The molecule has 32 heavy (non-hydrogen) atoms. The van der Waals surface area contributed by atoms with Crippen LogP contribution in [-0.4, -0.2) is 17.4 Å². The van der Waals surface area contributed by atoms with Gasteiger partial charge in [0.05, 0.1) is 26.8 Å². The Morgan fingerprint density at radius 2 is 1.53 bits per heavy atom. The van der Waals surface area contributed by atoms with Crippen LogP contribution in [0.15, 0.2) is 48.5 Å². The van der Waals surface area contributed by atoms with Crippen LogP contribution in [0.1, 0.15) is 75.1 Å². The largest absolute Gasteiger partial charge is 0.352 e. The predicted molar refractivity (Wildman–Crippen MR) is 137 cm³/mol. The third-order valence-electron chi connectivity index (χ3n) is 5.74. The summed E-state index contributed by atoms with van der Waals surface area (Å²) in [6.45, 7) is 2.94. The van der Waals surface area contributed by atoms with E-state index in [4.69, 9.17) is 28.2 Å². The minimum Gasteiger partial charge on any atom is -0.352 e. The number of para-hydroxylation sites is 1. The average Bonchev–Trinajstić information content (AvgIpc) is 2.81. The van der Waals surface area contributed by atoms with Gasteiger partial charge in [0.25, 0.3) is 5.91 Å². The van der Waals surface area contributed by atoms with Gasteiger partial charge in [0, 0.05) is 17.5 Å². The molecule has 0 spiro atoms. The number of fused-ring (bicyclic) bond motifs is 1. The number of pyridine rings is 1. The van der Waals surface area contributed by atoms with Crippen LogP contribution in [0, 0.1) is 0 Å². The molecule has 2 aromatic carbocycles. The topological polar surface area (TPSA) is 42.0 Å². The second-order valence-corrected chi connectivity index (χ2v) is 9.10. The number of unbranched alkanes of at least 4 members (excludes halogenated alkanes) is 8. The maximum atomic E-state index is 13.0. The lowest BCUT2D eigenvalue weighted by atomic mass is 10.0. The smallest absolute Gasteiger partial charge is 0.252 e. The molecular weight excluding hydrogens is 439 g/mol. The van der Waals surface area contributed by atoms with Gasteiger partial charge in [-0.2, -0.15) is 0 Å². The van der Waals surface area contributed by atoms with E-state index in [1.54, 1.807) is 12.1 Å². The Labute approximate surface area is 201 Å². The summed E-state index contributed by atoms with van der Waals surface area (Å²) in [5.74, 6) is -0.0653. The van der Waals surface area contributed by atoms with Crippen LogP contribution < -0.4 is 5.32 Å². The summed E-state index contributed by atoms with van der Waals surface area (Å²) in [7, 11) is 0. The quantitative estimate of drug-likeness (QED) is 0.269. The number of hydrogen-bond donors (Lipinski definition) is 1. The van der Waals surface area contributed by atoms with Gasteiger partial charge in [-0.15, -0.1) is 0 Å². The van der Waals surface area contributed by atoms with Crippen LogP contribution in [0.3, 0.4) is 0 Å². The van der Waals surface area contributed by atoms with E-state index >= 15 is 0 Å². The molecule has 0 radical (unpaired) electrons. The molecule has 0 aliphatic heterocycles. The highest BCUT2D eigenvalue weighted by Gasteiger charge is 2.14. The van der Waals surface area contributed by atoms with Crippen LogP contribution in [0.4, 0.5) is 0 Å². The van der Waals surface area contributed by atoms with E-state index in [0.29, 0.717) is 27.8 Å². The fraction of sp³-hybridized carbons (Fsp3) is 0.407. The number of nitrogens with zero attached hydrogens (tertiary/aromatic N) is 1. The second kappa shape index (κ2) is 12.8. The van der Waals surface area contributed by atoms with Gasteiger partial charge in [-0.25, -0.2) is 4.98 Å². The molecule has 1 heterocycles. The van der Waals surface area contributed by atoms with E-state index < -0.39 is 0 Å². The maximum absolute atomic E-state index is 13.0. The third kappa shape index (κ3) is 6.95. The Morgan fingerprint density at radius 3 is 2.25 bits per heavy atom.